The molecule has 0 saturated carbocycles. The summed E-state index contributed by atoms with van der Waals surface area (Å²) < 4.78 is 38.9. The van der Waals surface area contributed by atoms with Crippen molar-refractivity contribution in [3.63, 3.8) is 0 Å². The van der Waals surface area contributed by atoms with Gasteiger partial charge in [-0.25, -0.2) is 0 Å². The Labute approximate surface area is 165 Å². The third-order valence-electron chi connectivity index (χ3n) is 3.79. The number of alkyl halides is 3. The highest BCUT2D eigenvalue weighted by Gasteiger charge is 2.33. The van der Waals surface area contributed by atoms with Crippen molar-refractivity contribution >= 4 is 34.8 Å². The fourth-order valence-corrected chi connectivity index (χ4v) is 2.63. The van der Waals surface area contributed by atoms with Gasteiger partial charge in [0.2, 0.25) is 11.8 Å². The van der Waals surface area contributed by atoms with Gasteiger partial charge in [-0.15, -0.1) is 0 Å². The Bertz CT molecular complexity index is 872. The molecule has 0 heterocycles. The Hall–Kier alpha value is -2.58. The van der Waals surface area contributed by atoms with Crippen molar-refractivity contribution in [1.29, 1.82) is 0 Å². The standard InChI is InChI=1S/C19H19ClF3N3O2/c1-12-7-8-13(9-15(12)20)24-17(27)10-26(2)11-18(28)25-16-6-4-3-5-14(16)19(21,22)23/h3-9H,10-11H2,1-2H3,(H,24,27)(H,25,28). The van der Waals surface area contributed by atoms with E-state index in [1.165, 1.54) is 30.1 Å². The molecule has 0 radical (unpaired) electrons. The second kappa shape index (κ2) is 9.07. The van der Waals surface area contributed by atoms with E-state index in [9.17, 15) is 22.8 Å². The number of anilines is 2. The fraction of sp³-hybridized carbons (Fsp3) is 0.263. The number of aryl methyl sites for hydroxylation is 1. The smallest absolute Gasteiger partial charge is 0.325 e. The maximum Gasteiger partial charge on any atom is 0.418 e. The van der Waals surface area contributed by atoms with E-state index >= 15 is 0 Å². The first-order valence-electron chi connectivity index (χ1n) is 8.27. The summed E-state index contributed by atoms with van der Waals surface area (Å²) in [5.74, 6) is -1.05. The van der Waals surface area contributed by atoms with E-state index in [1.54, 1.807) is 18.2 Å². The molecule has 0 saturated heterocycles. The second-order valence-corrected chi connectivity index (χ2v) is 6.68. The average Bonchev–Trinajstić information content (AvgIpc) is 2.57. The van der Waals surface area contributed by atoms with Crippen LogP contribution in [0.3, 0.4) is 0 Å². The quantitative estimate of drug-likeness (QED) is 0.747. The molecule has 28 heavy (non-hydrogen) atoms. The summed E-state index contributed by atoms with van der Waals surface area (Å²) in [6.45, 7) is 1.45. The molecule has 0 aliphatic heterocycles. The lowest BCUT2D eigenvalue weighted by Crippen LogP contribution is -2.36. The number of likely N-dealkylation sites (N-methyl/N-ethyl adjacent to an activating group) is 1. The van der Waals surface area contributed by atoms with Crippen molar-refractivity contribution in [2.45, 2.75) is 13.1 Å². The van der Waals surface area contributed by atoms with Gasteiger partial charge in [0.1, 0.15) is 0 Å². The molecule has 0 atom stereocenters. The van der Waals surface area contributed by atoms with Gasteiger partial charge in [0.15, 0.2) is 0 Å². The number of nitrogens with one attached hydrogen (secondary N) is 2. The van der Waals surface area contributed by atoms with Crippen LogP contribution < -0.4 is 10.6 Å². The number of halogens is 4. The summed E-state index contributed by atoms with van der Waals surface area (Å²) >= 11 is 6.00. The van der Waals surface area contributed by atoms with Crippen LogP contribution >= 0.6 is 11.6 Å². The van der Waals surface area contributed by atoms with E-state index in [0.29, 0.717) is 10.7 Å². The lowest BCUT2D eigenvalue weighted by Gasteiger charge is -2.18. The van der Waals surface area contributed by atoms with Crippen molar-refractivity contribution in [2.24, 2.45) is 0 Å². The molecule has 150 valence electrons. The van der Waals surface area contributed by atoms with E-state index in [4.69, 9.17) is 11.6 Å². The first kappa shape index (κ1) is 21.7. The molecule has 0 spiro atoms. The highest BCUT2D eigenvalue weighted by Crippen LogP contribution is 2.34. The molecule has 0 bridgehead atoms. The first-order chi connectivity index (χ1) is 13.1. The molecule has 0 aliphatic carbocycles. The van der Waals surface area contributed by atoms with E-state index in [0.717, 1.165) is 11.6 Å². The topological polar surface area (TPSA) is 61.4 Å². The minimum absolute atomic E-state index is 0.125. The Morgan fingerprint density at radius 1 is 1.04 bits per heavy atom. The van der Waals surface area contributed by atoms with Crippen molar-refractivity contribution < 1.29 is 22.8 Å². The number of amides is 2. The maximum atomic E-state index is 13.0. The Kier molecular flexibility index (Phi) is 7.04. The van der Waals surface area contributed by atoms with E-state index in [1.807, 2.05) is 6.92 Å². The molecule has 0 unspecified atom stereocenters. The van der Waals surface area contributed by atoms with Crippen molar-refractivity contribution in [2.75, 3.05) is 30.8 Å². The van der Waals surface area contributed by atoms with Crippen LogP contribution in [0.2, 0.25) is 5.02 Å². The number of para-hydroxylation sites is 1. The van der Waals surface area contributed by atoms with Crippen LogP contribution in [-0.2, 0) is 15.8 Å². The van der Waals surface area contributed by atoms with Gasteiger partial charge in [0.25, 0.3) is 0 Å². The first-order valence-corrected chi connectivity index (χ1v) is 8.64. The molecule has 2 N–H and O–H groups in total. The SMILES string of the molecule is Cc1ccc(NC(=O)CN(C)CC(=O)Nc2ccccc2C(F)(F)F)cc1Cl. The Balaban J connectivity index is 1.90. The van der Waals surface area contributed by atoms with Gasteiger partial charge in [-0.05, 0) is 43.8 Å². The lowest BCUT2D eigenvalue weighted by molar-refractivity contribution is -0.137. The minimum Gasteiger partial charge on any atom is -0.325 e. The molecule has 0 aromatic heterocycles. The summed E-state index contributed by atoms with van der Waals surface area (Å²) in [6, 6.07) is 9.76. The number of carbonyl (C=O) groups is 2. The molecule has 2 aromatic carbocycles. The number of rotatable bonds is 6. The normalized spacial score (nSPS) is 11.4. The van der Waals surface area contributed by atoms with Crippen molar-refractivity contribution in [3.8, 4) is 0 Å². The molecule has 9 heteroatoms. The summed E-state index contributed by atoms with van der Waals surface area (Å²) in [5, 5.41) is 5.39. The molecule has 0 aliphatic rings. The van der Waals surface area contributed by atoms with Gasteiger partial charge in [-0.3, -0.25) is 14.5 Å². The predicted octanol–water partition coefficient (Wildman–Crippen LogP) is 4.18. The van der Waals surface area contributed by atoms with Gasteiger partial charge in [-0.1, -0.05) is 29.8 Å². The maximum absolute atomic E-state index is 13.0. The number of hydrogen-bond acceptors (Lipinski definition) is 3. The van der Waals surface area contributed by atoms with Gasteiger partial charge in [-0.2, -0.15) is 13.2 Å². The summed E-state index contributed by atoms with van der Waals surface area (Å²) in [4.78, 5) is 25.5. The highest BCUT2D eigenvalue weighted by atomic mass is 35.5. The molecule has 5 nitrogen and oxygen atoms in total. The summed E-state index contributed by atoms with van der Waals surface area (Å²) in [5.41, 5.74) is 0.122. The van der Waals surface area contributed by atoms with E-state index in [-0.39, 0.29) is 24.7 Å². The largest absolute Gasteiger partial charge is 0.418 e. The fourth-order valence-electron chi connectivity index (χ4n) is 2.45. The molecular weight excluding hydrogens is 395 g/mol. The van der Waals surface area contributed by atoms with E-state index < -0.39 is 17.6 Å². The molecule has 2 aromatic rings. The third-order valence-corrected chi connectivity index (χ3v) is 4.20. The van der Waals surface area contributed by atoms with E-state index in [2.05, 4.69) is 10.6 Å². The molecule has 2 rings (SSSR count). The van der Waals surface area contributed by atoms with Gasteiger partial charge in [0, 0.05) is 10.7 Å². The van der Waals surface area contributed by atoms with Crippen molar-refractivity contribution in [1.82, 2.24) is 4.90 Å². The minimum atomic E-state index is -4.58. The molecule has 0 fully saturated rings. The summed E-state index contributed by atoms with van der Waals surface area (Å²) in [7, 11) is 1.51. The molecule has 2 amide bonds. The molecular formula is C19H19ClF3N3O2. The van der Waals surface area contributed by atoms with Gasteiger partial charge >= 0.3 is 6.18 Å². The number of carbonyl (C=O) groups excluding carboxylic acids is 2. The van der Waals surface area contributed by atoms with Crippen LogP contribution in [0.25, 0.3) is 0 Å². The zero-order chi connectivity index (χ0) is 20.9. The van der Waals surface area contributed by atoms with Crippen LogP contribution in [-0.4, -0.2) is 36.9 Å². The van der Waals surface area contributed by atoms with Gasteiger partial charge < -0.3 is 10.6 Å². The number of nitrogens with zero attached hydrogens (tertiary/aromatic N) is 1. The van der Waals surface area contributed by atoms with Crippen LogP contribution in [0.1, 0.15) is 11.1 Å². The van der Waals surface area contributed by atoms with Crippen LogP contribution in [0, 0.1) is 6.92 Å². The van der Waals surface area contributed by atoms with Crippen LogP contribution in [0.4, 0.5) is 24.5 Å². The lowest BCUT2D eigenvalue weighted by atomic mass is 10.1. The number of hydrogen-bond donors (Lipinski definition) is 2. The third kappa shape index (κ3) is 6.24. The Morgan fingerprint density at radius 2 is 1.64 bits per heavy atom. The van der Waals surface area contributed by atoms with Gasteiger partial charge in [0.05, 0.1) is 24.3 Å². The zero-order valence-corrected chi connectivity index (χ0v) is 16.0. The van der Waals surface area contributed by atoms with Crippen LogP contribution in [0.5, 0.6) is 0 Å². The number of benzene rings is 2. The van der Waals surface area contributed by atoms with Crippen molar-refractivity contribution in [3.05, 3.63) is 58.6 Å². The second-order valence-electron chi connectivity index (χ2n) is 6.28. The monoisotopic (exact) mass is 413 g/mol. The van der Waals surface area contributed by atoms with Crippen LogP contribution in [0.15, 0.2) is 42.5 Å². The zero-order valence-electron chi connectivity index (χ0n) is 15.2. The summed E-state index contributed by atoms with van der Waals surface area (Å²) in [6.07, 6.45) is -4.58. The highest BCUT2D eigenvalue weighted by molar-refractivity contribution is 6.31. The Morgan fingerprint density at radius 3 is 2.25 bits per heavy atom. The average molecular weight is 414 g/mol. The predicted molar refractivity (Wildman–Crippen MR) is 102 cm³/mol.